The fraction of sp³-hybridized carbons (Fsp3) is 0.455. The van der Waals surface area contributed by atoms with E-state index in [4.69, 9.17) is 0 Å². The molecule has 0 aliphatic carbocycles. The minimum Gasteiger partial charge on any atom is -0.265 e. The van der Waals surface area contributed by atoms with Crippen LogP contribution in [0.5, 0.6) is 0 Å². The van der Waals surface area contributed by atoms with Crippen molar-refractivity contribution in [2.24, 2.45) is 0 Å². The van der Waals surface area contributed by atoms with Crippen molar-refractivity contribution in [1.29, 1.82) is 0 Å². The zero-order valence-electron chi connectivity index (χ0n) is 11.1. The molecule has 0 spiro atoms. The molecule has 0 saturated carbocycles. The number of halogens is 6. The first-order chi connectivity index (χ1) is 10.3. The molecule has 1 unspecified atom stereocenters. The van der Waals surface area contributed by atoms with Crippen LogP contribution < -0.4 is 0 Å². The fourth-order valence-electron chi connectivity index (χ4n) is 1.77. The van der Waals surface area contributed by atoms with E-state index >= 15 is 0 Å². The molecule has 0 fully saturated rings. The van der Waals surface area contributed by atoms with E-state index in [9.17, 15) is 44.9 Å². The second kappa shape index (κ2) is 6.34. The molecular weight excluding hydrogens is 356 g/mol. The zero-order valence-corrected chi connectivity index (χ0v) is 11.9. The summed E-state index contributed by atoms with van der Waals surface area (Å²) in [6.45, 7) is -1.08. The number of hydrogen-bond acceptors (Lipinski definition) is 4. The SMILES string of the molecule is O=[N+]([O-])CCC(c1ccc(C(F)(F)F)cc1)S(=O)(=O)C(F)(F)F. The maximum absolute atomic E-state index is 12.6. The van der Waals surface area contributed by atoms with Crippen LogP contribution in [0.15, 0.2) is 24.3 Å². The largest absolute Gasteiger partial charge is 0.498 e. The highest BCUT2D eigenvalue weighted by atomic mass is 32.2. The van der Waals surface area contributed by atoms with Crippen molar-refractivity contribution in [2.75, 3.05) is 6.54 Å². The van der Waals surface area contributed by atoms with E-state index in [1.807, 2.05) is 0 Å². The van der Waals surface area contributed by atoms with Crippen molar-refractivity contribution in [3.63, 3.8) is 0 Å². The van der Waals surface area contributed by atoms with Gasteiger partial charge in [0, 0.05) is 11.3 Å². The van der Waals surface area contributed by atoms with Gasteiger partial charge in [-0.05, 0) is 17.7 Å². The van der Waals surface area contributed by atoms with Crippen molar-refractivity contribution in [3.05, 3.63) is 45.5 Å². The lowest BCUT2D eigenvalue weighted by Gasteiger charge is -2.19. The van der Waals surface area contributed by atoms with Gasteiger partial charge in [-0.2, -0.15) is 26.3 Å². The first-order valence-corrected chi connectivity index (χ1v) is 7.40. The first kappa shape index (κ1) is 19.2. The second-order valence-corrected chi connectivity index (χ2v) is 6.57. The summed E-state index contributed by atoms with van der Waals surface area (Å²) >= 11 is 0. The van der Waals surface area contributed by atoms with Gasteiger partial charge in [-0.25, -0.2) is 8.42 Å². The van der Waals surface area contributed by atoms with Crippen LogP contribution in [0.2, 0.25) is 0 Å². The minimum atomic E-state index is -5.82. The molecule has 5 nitrogen and oxygen atoms in total. The Balaban J connectivity index is 3.28. The third kappa shape index (κ3) is 4.56. The summed E-state index contributed by atoms with van der Waals surface area (Å²) in [5.74, 6) is 0. The zero-order chi connectivity index (χ0) is 18.1. The van der Waals surface area contributed by atoms with Crippen molar-refractivity contribution in [2.45, 2.75) is 23.4 Å². The number of nitrogens with zero attached hydrogens (tertiary/aromatic N) is 1. The molecule has 1 aromatic rings. The standard InChI is InChI=1S/C11H9F6NO4S/c12-10(13,14)8-3-1-7(2-4-8)9(5-6-18(19)20)23(21,22)11(15,16)17/h1-4,9H,5-6H2. The van der Waals surface area contributed by atoms with Gasteiger partial charge < -0.3 is 0 Å². The number of alkyl halides is 6. The lowest BCUT2D eigenvalue weighted by atomic mass is 10.1. The number of benzene rings is 1. The molecule has 0 amide bonds. The van der Waals surface area contributed by atoms with Gasteiger partial charge in [0.05, 0.1) is 5.56 Å². The number of hydrogen-bond donors (Lipinski definition) is 0. The predicted octanol–water partition coefficient (Wildman–Crippen LogP) is 3.35. The van der Waals surface area contributed by atoms with E-state index in [1.54, 1.807) is 0 Å². The molecule has 1 rings (SSSR count). The Morgan fingerprint density at radius 3 is 1.87 bits per heavy atom. The Kier molecular flexibility index (Phi) is 5.29. The molecular formula is C11H9F6NO4S. The van der Waals surface area contributed by atoms with Gasteiger partial charge in [0.15, 0.2) is 0 Å². The Hall–Kier alpha value is -1.85. The monoisotopic (exact) mass is 365 g/mol. The van der Waals surface area contributed by atoms with Gasteiger partial charge in [-0.1, -0.05) is 12.1 Å². The van der Waals surface area contributed by atoms with Crippen molar-refractivity contribution in [3.8, 4) is 0 Å². The molecule has 130 valence electrons. The molecule has 12 heteroatoms. The normalized spacial score (nSPS) is 14.5. The Bertz CT molecular complexity index is 665. The average molecular weight is 365 g/mol. The van der Waals surface area contributed by atoms with Crippen LogP contribution in [0, 0.1) is 10.1 Å². The van der Waals surface area contributed by atoms with Gasteiger partial charge in [-0.15, -0.1) is 0 Å². The van der Waals surface area contributed by atoms with Crippen LogP contribution >= 0.6 is 0 Å². The second-order valence-electron chi connectivity index (χ2n) is 4.44. The molecule has 0 heterocycles. The minimum absolute atomic E-state index is 0.417. The van der Waals surface area contributed by atoms with Crippen LogP contribution in [0.1, 0.15) is 22.8 Å². The van der Waals surface area contributed by atoms with Gasteiger partial charge >= 0.3 is 11.7 Å². The summed E-state index contributed by atoms with van der Waals surface area (Å²) in [6, 6.07) is 1.97. The molecule has 0 aromatic heterocycles. The van der Waals surface area contributed by atoms with Gasteiger partial charge in [0.2, 0.25) is 6.54 Å². The van der Waals surface area contributed by atoms with Crippen LogP contribution in [0.4, 0.5) is 26.3 Å². The van der Waals surface area contributed by atoms with E-state index < -0.39 is 55.8 Å². The highest BCUT2D eigenvalue weighted by molar-refractivity contribution is 7.92. The van der Waals surface area contributed by atoms with Crippen LogP contribution in [-0.4, -0.2) is 25.4 Å². The first-order valence-electron chi connectivity index (χ1n) is 5.86. The van der Waals surface area contributed by atoms with E-state index in [1.165, 1.54) is 0 Å². The molecule has 0 aliphatic rings. The maximum atomic E-state index is 12.6. The molecule has 23 heavy (non-hydrogen) atoms. The smallest absolute Gasteiger partial charge is 0.265 e. The Morgan fingerprint density at radius 2 is 1.52 bits per heavy atom. The fourth-order valence-corrected chi connectivity index (χ4v) is 3.03. The average Bonchev–Trinajstić information content (AvgIpc) is 2.36. The number of nitro groups is 1. The van der Waals surface area contributed by atoms with Gasteiger partial charge in [-0.3, -0.25) is 10.1 Å². The van der Waals surface area contributed by atoms with E-state index in [-0.39, 0.29) is 0 Å². The van der Waals surface area contributed by atoms with E-state index in [0.29, 0.717) is 24.3 Å². The van der Waals surface area contributed by atoms with Gasteiger partial charge in [0.1, 0.15) is 5.25 Å². The molecule has 0 aliphatic heterocycles. The quantitative estimate of drug-likeness (QED) is 0.456. The van der Waals surface area contributed by atoms with Gasteiger partial charge in [0.25, 0.3) is 9.84 Å². The Labute approximate surface area is 126 Å². The summed E-state index contributed by atoms with van der Waals surface area (Å²) in [7, 11) is -5.82. The number of rotatable bonds is 5. The molecule has 0 bridgehead atoms. The third-order valence-corrected chi connectivity index (χ3v) is 4.78. The third-order valence-electron chi connectivity index (χ3n) is 2.88. The van der Waals surface area contributed by atoms with Crippen LogP contribution in [0.25, 0.3) is 0 Å². The number of sulfone groups is 1. The summed E-state index contributed by atoms with van der Waals surface area (Å²) in [4.78, 5) is 9.27. The van der Waals surface area contributed by atoms with Crippen molar-refractivity contribution >= 4 is 9.84 Å². The summed E-state index contributed by atoms with van der Waals surface area (Å²) in [6.07, 6.45) is -5.77. The van der Waals surface area contributed by atoms with Crippen LogP contribution in [0.3, 0.4) is 0 Å². The lowest BCUT2D eigenvalue weighted by Crippen LogP contribution is -2.30. The highest BCUT2D eigenvalue weighted by Gasteiger charge is 2.51. The highest BCUT2D eigenvalue weighted by Crippen LogP contribution is 2.38. The Morgan fingerprint density at radius 1 is 1.04 bits per heavy atom. The summed E-state index contributed by atoms with van der Waals surface area (Å²) in [5.41, 5.74) is -7.47. The molecule has 0 N–H and O–H groups in total. The maximum Gasteiger partial charge on any atom is 0.498 e. The van der Waals surface area contributed by atoms with Crippen molar-refractivity contribution < 1.29 is 39.7 Å². The predicted molar refractivity (Wildman–Crippen MR) is 65.6 cm³/mol. The summed E-state index contributed by atoms with van der Waals surface area (Å²) < 4.78 is 98.1. The molecule has 0 radical (unpaired) electrons. The van der Waals surface area contributed by atoms with E-state index in [0.717, 1.165) is 0 Å². The lowest BCUT2D eigenvalue weighted by molar-refractivity contribution is -0.480. The molecule has 0 saturated heterocycles. The topological polar surface area (TPSA) is 77.3 Å². The molecule has 1 aromatic carbocycles. The molecule has 1 atom stereocenters. The van der Waals surface area contributed by atoms with Crippen LogP contribution in [-0.2, 0) is 16.0 Å². The van der Waals surface area contributed by atoms with E-state index in [2.05, 4.69) is 0 Å². The van der Waals surface area contributed by atoms with Crippen molar-refractivity contribution in [1.82, 2.24) is 0 Å². The summed E-state index contributed by atoms with van der Waals surface area (Å²) in [5, 5.41) is 7.93.